The monoisotopic (exact) mass is 431 g/mol. The van der Waals surface area contributed by atoms with Crippen molar-refractivity contribution in [3.05, 3.63) is 66.4 Å². The van der Waals surface area contributed by atoms with Gasteiger partial charge in [-0.2, -0.15) is 5.10 Å². The van der Waals surface area contributed by atoms with Gasteiger partial charge in [-0.3, -0.25) is 0 Å². The van der Waals surface area contributed by atoms with Crippen molar-refractivity contribution in [3.63, 3.8) is 0 Å². The van der Waals surface area contributed by atoms with Crippen LogP contribution in [-0.2, 0) is 4.74 Å². The predicted molar refractivity (Wildman–Crippen MR) is 118 cm³/mol. The minimum absolute atomic E-state index is 0.162. The van der Waals surface area contributed by atoms with Crippen molar-refractivity contribution >= 4 is 40.0 Å². The Kier molecular flexibility index (Phi) is 4.66. The van der Waals surface area contributed by atoms with Gasteiger partial charge < -0.3 is 20.8 Å². The first-order valence-corrected chi connectivity index (χ1v) is 9.85. The van der Waals surface area contributed by atoms with Crippen LogP contribution in [0.2, 0.25) is 0 Å². The number of nitrogens with two attached hydrogens (primary N) is 1. The van der Waals surface area contributed by atoms with Gasteiger partial charge in [0.2, 0.25) is 5.95 Å². The molecule has 0 fully saturated rings. The van der Waals surface area contributed by atoms with Gasteiger partial charge in [0.15, 0.2) is 5.82 Å². The molecule has 160 valence electrons. The summed E-state index contributed by atoms with van der Waals surface area (Å²) in [6, 6.07) is 12.1. The maximum atomic E-state index is 15.1. The summed E-state index contributed by atoms with van der Waals surface area (Å²) in [7, 11) is 0. The molecule has 10 heteroatoms. The Morgan fingerprint density at radius 3 is 2.91 bits per heavy atom. The van der Waals surface area contributed by atoms with E-state index in [0.29, 0.717) is 22.6 Å². The number of anilines is 3. The molecule has 4 N–H and O–H groups in total. The number of halogens is 1. The number of carbonyl (C=O) groups is 1. The van der Waals surface area contributed by atoms with Crippen molar-refractivity contribution in [3.8, 4) is 11.1 Å². The number of rotatable bonds is 5. The lowest BCUT2D eigenvalue weighted by Gasteiger charge is -2.09. The summed E-state index contributed by atoms with van der Waals surface area (Å²) >= 11 is 0. The number of aromatic nitrogens is 5. The zero-order chi connectivity index (χ0) is 22.2. The summed E-state index contributed by atoms with van der Waals surface area (Å²) in [5.41, 5.74) is 9.32. The van der Waals surface area contributed by atoms with Crippen LogP contribution < -0.4 is 11.1 Å². The number of nitrogens with zero attached hydrogens (tertiary/aromatic N) is 4. The molecular weight excluding hydrogens is 413 g/mol. The second-order valence-electron chi connectivity index (χ2n) is 7.00. The highest BCUT2D eigenvalue weighted by Crippen LogP contribution is 2.35. The summed E-state index contributed by atoms with van der Waals surface area (Å²) in [5.74, 6) is -0.516. The number of nitrogens with one attached hydrogen (secondary N) is 2. The highest BCUT2D eigenvalue weighted by Gasteiger charge is 2.23. The Bertz CT molecular complexity index is 1440. The average molecular weight is 431 g/mol. The molecule has 0 aliphatic carbocycles. The Labute approximate surface area is 181 Å². The number of fused-ring (bicyclic) bond motifs is 2. The number of H-pyrrole nitrogens is 1. The molecule has 9 nitrogen and oxygen atoms in total. The largest absolute Gasteiger partial charge is 0.462 e. The molecule has 0 spiro atoms. The standard InChI is InChI=1S/C22H18FN7O2/c1-2-32-21(31)13-10-30-19(20(24)25-11-26-30)18(13)12-7-8-15(14(23)9-12)27-22-28-16-5-3-4-6-17(16)29-22/h3-11H,2H2,1H3,(H2,24,25,26)(H2,27,28,29). The number of para-hydroxylation sites is 2. The third-order valence-corrected chi connectivity index (χ3v) is 5.00. The molecule has 0 aliphatic heterocycles. The van der Waals surface area contributed by atoms with E-state index in [1.54, 1.807) is 19.1 Å². The number of hydrogen-bond acceptors (Lipinski definition) is 7. The lowest BCUT2D eigenvalue weighted by Crippen LogP contribution is -2.05. The van der Waals surface area contributed by atoms with Crippen LogP contribution in [0, 0.1) is 5.82 Å². The minimum atomic E-state index is -0.558. The van der Waals surface area contributed by atoms with Gasteiger partial charge in [-0.05, 0) is 36.8 Å². The summed E-state index contributed by atoms with van der Waals surface area (Å²) < 4.78 is 21.7. The van der Waals surface area contributed by atoms with E-state index in [4.69, 9.17) is 10.5 Å². The van der Waals surface area contributed by atoms with Gasteiger partial charge >= 0.3 is 5.97 Å². The smallest absolute Gasteiger partial charge is 0.340 e. The minimum Gasteiger partial charge on any atom is -0.462 e. The molecule has 5 aromatic rings. The first-order chi connectivity index (χ1) is 15.5. The molecule has 5 rings (SSSR count). The van der Waals surface area contributed by atoms with Crippen molar-refractivity contribution in [2.24, 2.45) is 0 Å². The predicted octanol–water partition coefficient (Wildman–Crippen LogP) is 3.91. The number of aromatic amines is 1. The second kappa shape index (κ2) is 7.65. The molecule has 0 unspecified atom stereocenters. The quantitative estimate of drug-likeness (QED) is 0.361. The van der Waals surface area contributed by atoms with Crippen molar-refractivity contribution < 1.29 is 13.9 Å². The molecule has 0 atom stereocenters. The van der Waals surface area contributed by atoms with E-state index in [-0.39, 0.29) is 23.7 Å². The van der Waals surface area contributed by atoms with Gasteiger partial charge in [-0.15, -0.1) is 0 Å². The summed E-state index contributed by atoms with van der Waals surface area (Å²) in [6.07, 6.45) is 2.78. The number of nitrogen functional groups attached to an aromatic ring is 1. The molecule has 0 saturated heterocycles. The van der Waals surface area contributed by atoms with Gasteiger partial charge in [-0.25, -0.2) is 23.7 Å². The molecular formula is C22H18FN7O2. The van der Waals surface area contributed by atoms with Crippen molar-refractivity contribution in [2.45, 2.75) is 6.92 Å². The first-order valence-electron chi connectivity index (χ1n) is 9.85. The van der Waals surface area contributed by atoms with Crippen LogP contribution in [0.4, 0.5) is 21.8 Å². The van der Waals surface area contributed by atoms with Gasteiger partial charge in [0.05, 0.1) is 28.9 Å². The van der Waals surface area contributed by atoms with Crippen LogP contribution in [-0.4, -0.2) is 37.1 Å². The van der Waals surface area contributed by atoms with E-state index in [1.807, 2.05) is 24.3 Å². The normalized spacial score (nSPS) is 11.2. The molecule has 3 heterocycles. The van der Waals surface area contributed by atoms with Crippen LogP contribution in [0.25, 0.3) is 27.7 Å². The SMILES string of the molecule is CCOC(=O)c1cn2ncnc(N)c2c1-c1ccc(Nc2nc3ccccc3[nH]2)c(F)c1. The Morgan fingerprint density at radius 2 is 2.12 bits per heavy atom. The lowest BCUT2D eigenvalue weighted by atomic mass is 10.0. The summed E-state index contributed by atoms with van der Waals surface area (Å²) in [5, 5.41) is 7.06. The molecule has 0 bridgehead atoms. The average Bonchev–Trinajstić information content (AvgIpc) is 3.37. The van der Waals surface area contributed by atoms with Gasteiger partial charge in [0.25, 0.3) is 0 Å². The molecule has 0 radical (unpaired) electrons. The molecule has 2 aromatic carbocycles. The number of carbonyl (C=O) groups excluding carboxylic acids is 1. The van der Waals surface area contributed by atoms with Crippen LogP contribution in [0.1, 0.15) is 17.3 Å². The summed E-state index contributed by atoms with van der Waals surface area (Å²) in [6.45, 7) is 1.90. The van der Waals surface area contributed by atoms with Gasteiger partial charge in [-0.1, -0.05) is 18.2 Å². The van der Waals surface area contributed by atoms with Crippen molar-refractivity contribution in [1.29, 1.82) is 0 Å². The fourth-order valence-corrected chi connectivity index (χ4v) is 3.60. The molecule has 32 heavy (non-hydrogen) atoms. The van der Waals surface area contributed by atoms with Gasteiger partial charge in [0, 0.05) is 11.8 Å². The van der Waals surface area contributed by atoms with E-state index in [0.717, 1.165) is 11.0 Å². The number of ether oxygens (including phenoxy) is 1. The van der Waals surface area contributed by atoms with E-state index in [2.05, 4.69) is 25.4 Å². The maximum absolute atomic E-state index is 15.1. The third kappa shape index (κ3) is 3.27. The van der Waals surface area contributed by atoms with Crippen LogP contribution >= 0.6 is 0 Å². The topological polar surface area (TPSA) is 123 Å². The van der Waals surface area contributed by atoms with E-state index in [9.17, 15) is 4.79 Å². The van der Waals surface area contributed by atoms with Gasteiger partial charge in [0.1, 0.15) is 17.7 Å². The molecule has 0 amide bonds. The summed E-state index contributed by atoms with van der Waals surface area (Å²) in [4.78, 5) is 24.1. The van der Waals surface area contributed by atoms with Crippen LogP contribution in [0.3, 0.4) is 0 Å². The molecule has 0 aliphatic rings. The Hall–Kier alpha value is -4.47. The van der Waals surface area contributed by atoms with E-state index < -0.39 is 11.8 Å². The number of hydrogen-bond donors (Lipinski definition) is 3. The highest BCUT2D eigenvalue weighted by molar-refractivity contribution is 6.04. The fraction of sp³-hybridized carbons (Fsp3) is 0.0909. The number of imidazole rings is 1. The van der Waals surface area contributed by atoms with E-state index in [1.165, 1.54) is 23.1 Å². The lowest BCUT2D eigenvalue weighted by molar-refractivity contribution is 0.0527. The van der Waals surface area contributed by atoms with Crippen LogP contribution in [0.5, 0.6) is 0 Å². The highest BCUT2D eigenvalue weighted by atomic mass is 19.1. The zero-order valence-electron chi connectivity index (χ0n) is 17.0. The van der Waals surface area contributed by atoms with Crippen molar-refractivity contribution in [1.82, 2.24) is 24.6 Å². The number of esters is 1. The third-order valence-electron chi connectivity index (χ3n) is 5.00. The Morgan fingerprint density at radius 1 is 1.28 bits per heavy atom. The first kappa shape index (κ1) is 19.5. The van der Waals surface area contributed by atoms with E-state index >= 15 is 4.39 Å². The maximum Gasteiger partial charge on any atom is 0.340 e. The van der Waals surface area contributed by atoms with Crippen LogP contribution in [0.15, 0.2) is 55.0 Å². The number of benzene rings is 2. The molecule has 0 saturated carbocycles. The Balaban J connectivity index is 1.57. The zero-order valence-corrected chi connectivity index (χ0v) is 17.0. The molecule has 3 aromatic heterocycles. The second-order valence-corrected chi connectivity index (χ2v) is 7.00. The fourth-order valence-electron chi connectivity index (χ4n) is 3.60. The van der Waals surface area contributed by atoms with Crippen molar-refractivity contribution in [2.75, 3.05) is 17.7 Å².